The Morgan fingerprint density at radius 2 is 1.68 bits per heavy atom. The van der Waals surface area contributed by atoms with Gasteiger partial charge in [-0.15, -0.1) is 24.8 Å². The second-order valence-corrected chi connectivity index (χ2v) is 6.29. The van der Waals surface area contributed by atoms with Crippen molar-refractivity contribution in [3.63, 3.8) is 0 Å². The van der Waals surface area contributed by atoms with Crippen LogP contribution in [0.3, 0.4) is 0 Å². The topological polar surface area (TPSA) is 62.8 Å². The van der Waals surface area contributed by atoms with Gasteiger partial charge >= 0.3 is 0 Å². The summed E-state index contributed by atoms with van der Waals surface area (Å²) in [6, 6.07) is 13.8. The molecule has 0 spiro atoms. The predicted octanol–water partition coefficient (Wildman–Crippen LogP) is 3.83. The maximum atomic E-state index is 8.71. The number of hydrogen-bond donors (Lipinski definition) is 3. The first-order valence-electron chi connectivity index (χ1n) is 8.80. The van der Waals surface area contributed by atoms with Crippen molar-refractivity contribution in [3.8, 4) is 11.5 Å². The van der Waals surface area contributed by atoms with Gasteiger partial charge in [0, 0.05) is 13.1 Å². The summed E-state index contributed by atoms with van der Waals surface area (Å²) < 4.78 is 11.3. The Kier molecular flexibility index (Phi) is 15.0. The van der Waals surface area contributed by atoms with Crippen LogP contribution < -0.4 is 20.1 Å². The molecule has 158 valence electrons. The van der Waals surface area contributed by atoms with Crippen LogP contribution >= 0.6 is 36.4 Å². The average Bonchev–Trinajstić information content (AvgIpc) is 2.67. The smallest absolute Gasteiger partial charge is 0.180 e. The Bertz CT molecular complexity index is 661. The number of nitrogens with one attached hydrogen (secondary N) is 2. The Hall–Kier alpha value is -1.21. The van der Waals surface area contributed by atoms with Crippen molar-refractivity contribution in [2.75, 3.05) is 33.4 Å². The van der Waals surface area contributed by atoms with Crippen LogP contribution in [0.5, 0.6) is 11.5 Å². The quantitative estimate of drug-likeness (QED) is 0.428. The molecule has 28 heavy (non-hydrogen) atoms. The second-order valence-electron chi connectivity index (χ2n) is 5.89. The van der Waals surface area contributed by atoms with Crippen molar-refractivity contribution in [2.45, 2.75) is 19.6 Å². The zero-order valence-electron chi connectivity index (χ0n) is 15.9. The van der Waals surface area contributed by atoms with Gasteiger partial charge in [0.2, 0.25) is 0 Å². The van der Waals surface area contributed by atoms with Gasteiger partial charge in [-0.1, -0.05) is 41.9 Å². The summed E-state index contributed by atoms with van der Waals surface area (Å²) in [6.07, 6.45) is 0.989. The van der Waals surface area contributed by atoms with Crippen molar-refractivity contribution in [1.29, 1.82) is 0 Å². The molecule has 0 saturated carbocycles. The van der Waals surface area contributed by atoms with Gasteiger partial charge in [0.1, 0.15) is 6.61 Å². The van der Waals surface area contributed by atoms with Gasteiger partial charge in [-0.05, 0) is 42.8 Å². The van der Waals surface area contributed by atoms with Gasteiger partial charge in [-0.2, -0.15) is 0 Å². The third kappa shape index (κ3) is 9.32. The molecule has 0 unspecified atom stereocenters. The summed E-state index contributed by atoms with van der Waals surface area (Å²) in [7, 11) is 1.62. The molecule has 2 rings (SSSR count). The number of benzene rings is 2. The molecule has 0 heterocycles. The lowest BCUT2D eigenvalue weighted by atomic mass is 10.2. The van der Waals surface area contributed by atoms with Crippen LogP contribution in [0, 0.1) is 0 Å². The first kappa shape index (κ1) is 26.8. The van der Waals surface area contributed by atoms with Crippen molar-refractivity contribution in [2.24, 2.45) is 0 Å². The van der Waals surface area contributed by atoms with E-state index < -0.39 is 0 Å². The molecule has 3 N–H and O–H groups in total. The van der Waals surface area contributed by atoms with Gasteiger partial charge in [0.15, 0.2) is 11.5 Å². The average molecular weight is 452 g/mol. The minimum atomic E-state index is 0. The highest BCUT2D eigenvalue weighted by atomic mass is 35.5. The molecule has 8 heteroatoms. The number of rotatable bonds is 12. The molecule has 2 aromatic carbocycles. The summed E-state index contributed by atoms with van der Waals surface area (Å²) in [4.78, 5) is 0. The maximum absolute atomic E-state index is 8.71. The van der Waals surface area contributed by atoms with Crippen molar-refractivity contribution in [3.05, 3.63) is 58.6 Å². The molecular weight excluding hydrogens is 423 g/mol. The summed E-state index contributed by atoms with van der Waals surface area (Å²) in [5, 5.41) is 15.8. The molecule has 0 aliphatic carbocycles. The van der Waals surface area contributed by atoms with E-state index in [1.54, 1.807) is 7.11 Å². The standard InChI is InChI=1S/C20H27ClN2O3.2ClH/c1-25-19-13-17(14-23-9-5-8-22-10-11-24)12-18(21)20(19)26-15-16-6-3-2-4-7-16;;/h2-4,6-7,12-13,22-24H,5,8-11,14-15H2,1H3;2*1H. The highest BCUT2D eigenvalue weighted by Crippen LogP contribution is 2.37. The van der Waals surface area contributed by atoms with Gasteiger partial charge in [-0.3, -0.25) is 0 Å². The van der Waals surface area contributed by atoms with Crippen molar-refractivity contribution in [1.82, 2.24) is 10.6 Å². The first-order chi connectivity index (χ1) is 12.7. The van der Waals surface area contributed by atoms with E-state index in [0.29, 0.717) is 36.2 Å². The summed E-state index contributed by atoms with van der Waals surface area (Å²) in [5.41, 5.74) is 2.12. The fraction of sp³-hybridized carbons (Fsp3) is 0.400. The van der Waals surface area contributed by atoms with Crippen LogP contribution in [-0.2, 0) is 13.2 Å². The van der Waals surface area contributed by atoms with Gasteiger partial charge in [0.25, 0.3) is 0 Å². The number of ether oxygens (including phenoxy) is 2. The van der Waals surface area contributed by atoms with Crippen LogP contribution in [0.2, 0.25) is 5.02 Å². The minimum Gasteiger partial charge on any atom is -0.493 e. The van der Waals surface area contributed by atoms with E-state index in [1.807, 2.05) is 42.5 Å². The number of halogens is 3. The Balaban J connectivity index is 0.00000364. The highest BCUT2D eigenvalue weighted by molar-refractivity contribution is 6.32. The number of aliphatic hydroxyl groups is 1. The maximum Gasteiger partial charge on any atom is 0.180 e. The second kappa shape index (κ2) is 15.7. The molecule has 0 aromatic heterocycles. The van der Waals surface area contributed by atoms with E-state index in [4.69, 9.17) is 26.2 Å². The van der Waals surface area contributed by atoms with Crippen LogP contribution in [-0.4, -0.2) is 38.5 Å². The zero-order valence-corrected chi connectivity index (χ0v) is 18.3. The number of aliphatic hydroxyl groups excluding tert-OH is 1. The molecular formula is C20H29Cl3N2O3. The van der Waals surface area contributed by atoms with E-state index in [9.17, 15) is 0 Å². The number of hydrogen-bond acceptors (Lipinski definition) is 5. The van der Waals surface area contributed by atoms with Crippen molar-refractivity contribution >= 4 is 36.4 Å². The SMILES string of the molecule is COc1cc(CNCCCNCCO)cc(Cl)c1OCc1ccccc1.Cl.Cl. The lowest BCUT2D eigenvalue weighted by molar-refractivity contribution is 0.284. The minimum absolute atomic E-state index is 0. The van der Waals surface area contributed by atoms with Gasteiger partial charge in [-0.25, -0.2) is 0 Å². The van der Waals surface area contributed by atoms with E-state index >= 15 is 0 Å². The fourth-order valence-corrected chi connectivity index (χ4v) is 2.81. The molecule has 0 radical (unpaired) electrons. The van der Waals surface area contributed by atoms with E-state index in [1.165, 1.54) is 0 Å². The zero-order chi connectivity index (χ0) is 18.6. The molecule has 0 amide bonds. The van der Waals surface area contributed by atoms with E-state index in [2.05, 4.69) is 10.6 Å². The molecule has 0 bridgehead atoms. The first-order valence-corrected chi connectivity index (χ1v) is 9.18. The van der Waals surface area contributed by atoms with Crippen LogP contribution in [0.1, 0.15) is 17.5 Å². The summed E-state index contributed by atoms with van der Waals surface area (Å²) in [6.45, 7) is 3.71. The summed E-state index contributed by atoms with van der Waals surface area (Å²) >= 11 is 6.41. The molecule has 0 aliphatic rings. The molecule has 0 saturated heterocycles. The van der Waals surface area contributed by atoms with Crippen LogP contribution in [0.4, 0.5) is 0 Å². The molecule has 0 fully saturated rings. The van der Waals surface area contributed by atoms with E-state index in [0.717, 1.165) is 30.6 Å². The van der Waals surface area contributed by atoms with E-state index in [-0.39, 0.29) is 31.4 Å². The Morgan fingerprint density at radius 3 is 2.36 bits per heavy atom. The molecule has 2 aromatic rings. The van der Waals surface area contributed by atoms with Gasteiger partial charge < -0.3 is 25.2 Å². The van der Waals surface area contributed by atoms with Crippen LogP contribution in [0.15, 0.2) is 42.5 Å². The third-order valence-electron chi connectivity index (χ3n) is 3.84. The third-order valence-corrected chi connectivity index (χ3v) is 4.12. The molecule has 5 nitrogen and oxygen atoms in total. The normalized spacial score (nSPS) is 9.96. The van der Waals surface area contributed by atoms with Gasteiger partial charge in [0.05, 0.1) is 18.7 Å². The van der Waals surface area contributed by atoms with Crippen LogP contribution in [0.25, 0.3) is 0 Å². The Morgan fingerprint density at radius 1 is 0.964 bits per heavy atom. The molecule has 0 aliphatic heterocycles. The number of methoxy groups -OCH3 is 1. The van der Waals surface area contributed by atoms with Crippen molar-refractivity contribution < 1.29 is 14.6 Å². The highest BCUT2D eigenvalue weighted by Gasteiger charge is 2.12. The molecule has 0 atom stereocenters. The predicted molar refractivity (Wildman–Crippen MR) is 120 cm³/mol. The summed E-state index contributed by atoms with van der Waals surface area (Å²) in [5.74, 6) is 1.20. The lowest BCUT2D eigenvalue weighted by Gasteiger charge is -2.15. The lowest BCUT2D eigenvalue weighted by Crippen LogP contribution is -2.23. The fourth-order valence-electron chi connectivity index (χ4n) is 2.52. The monoisotopic (exact) mass is 450 g/mol. The largest absolute Gasteiger partial charge is 0.493 e. The Labute approximate surface area is 184 Å².